The second kappa shape index (κ2) is 6.85. The van der Waals surface area contributed by atoms with Gasteiger partial charge >= 0.3 is 0 Å². The first-order chi connectivity index (χ1) is 10.5. The van der Waals surface area contributed by atoms with E-state index >= 15 is 0 Å². The molecule has 2 amide bonds. The van der Waals surface area contributed by atoms with Gasteiger partial charge in [0.25, 0.3) is 5.91 Å². The van der Waals surface area contributed by atoms with Gasteiger partial charge in [0.1, 0.15) is 5.82 Å². The van der Waals surface area contributed by atoms with Crippen molar-refractivity contribution in [1.29, 1.82) is 0 Å². The average molecular weight is 300 g/mol. The van der Waals surface area contributed by atoms with Crippen LogP contribution in [0.5, 0.6) is 0 Å². The van der Waals surface area contributed by atoms with Crippen LogP contribution in [0.3, 0.4) is 0 Å². The maximum atomic E-state index is 12.9. The summed E-state index contributed by atoms with van der Waals surface area (Å²) in [5.74, 6) is -0.821. The van der Waals surface area contributed by atoms with E-state index in [1.165, 1.54) is 24.3 Å². The number of anilines is 2. The molecule has 114 valence electrons. The molecule has 0 aliphatic carbocycles. The third kappa shape index (κ3) is 3.91. The highest BCUT2D eigenvalue weighted by molar-refractivity contribution is 6.04. The molecule has 0 saturated heterocycles. The molecule has 2 N–H and O–H groups in total. The van der Waals surface area contributed by atoms with Crippen LogP contribution < -0.4 is 10.6 Å². The van der Waals surface area contributed by atoms with E-state index in [4.69, 9.17) is 0 Å². The topological polar surface area (TPSA) is 58.2 Å². The highest BCUT2D eigenvalue weighted by atomic mass is 19.1. The molecule has 0 spiro atoms. The lowest BCUT2D eigenvalue weighted by Gasteiger charge is -2.11. The minimum Gasteiger partial charge on any atom is -0.326 e. The van der Waals surface area contributed by atoms with Gasteiger partial charge < -0.3 is 10.6 Å². The summed E-state index contributed by atoms with van der Waals surface area (Å²) in [5, 5.41) is 5.50. The Balaban J connectivity index is 2.15. The van der Waals surface area contributed by atoms with Crippen molar-refractivity contribution in [2.45, 2.75) is 20.3 Å². The number of rotatable bonds is 4. The first-order valence-corrected chi connectivity index (χ1v) is 6.97. The lowest BCUT2D eigenvalue weighted by Crippen LogP contribution is -2.14. The largest absolute Gasteiger partial charge is 0.326 e. The summed E-state index contributed by atoms with van der Waals surface area (Å²) < 4.78 is 12.9. The van der Waals surface area contributed by atoms with Crippen LogP contribution in [-0.2, 0) is 4.79 Å². The van der Waals surface area contributed by atoms with Crippen LogP contribution >= 0.6 is 0 Å². The van der Waals surface area contributed by atoms with E-state index in [1.54, 1.807) is 19.1 Å². The van der Waals surface area contributed by atoms with Crippen LogP contribution in [0.25, 0.3) is 0 Å². The number of hydrogen-bond donors (Lipinski definition) is 2. The molecule has 0 unspecified atom stereocenters. The standard InChI is InChI=1S/C17H17FN2O2/c1-3-16(21)20-15-10-14(9-4-11(15)2)19-17(22)12-5-7-13(18)8-6-12/h4-10H,3H2,1-2H3,(H,19,22)(H,20,21). The summed E-state index contributed by atoms with van der Waals surface area (Å²) in [4.78, 5) is 23.6. The molecular weight excluding hydrogens is 283 g/mol. The second-order valence-corrected chi connectivity index (χ2v) is 4.89. The van der Waals surface area contributed by atoms with Gasteiger partial charge in [0.2, 0.25) is 5.91 Å². The molecule has 2 aromatic carbocycles. The van der Waals surface area contributed by atoms with Gasteiger partial charge in [0.05, 0.1) is 0 Å². The van der Waals surface area contributed by atoms with Crippen molar-refractivity contribution in [3.8, 4) is 0 Å². The Hall–Kier alpha value is -2.69. The third-order valence-electron chi connectivity index (χ3n) is 3.20. The smallest absolute Gasteiger partial charge is 0.255 e. The first kappa shape index (κ1) is 15.7. The van der Waals surface area contributed by atoms with E-state index < -0.39 is 5.82 Å². The van der Waals surface area contributed by atoms with Crippen LogP contribution in [0, 0.1) is 12.7 Å². The highest BCUT2D eigenvalue weighted by Crippen LogP contribution is 2.21. The summed E-state index contributed by atoms with van der Waals surface area (Å²) >= 11 is 0. The number of benzene rings is 2. The molecule has 5 heteroatoms. The molecular formula is C17H17FN2O2. The Labute approximate surface area is 128 Å². The van der Waals surface area contributed by atoms with Crippen molar-refractivity contribution in [3.63, 3.8) is 0 Å². The molecule has 2 rings (SSSR count). The fourth-order valence-corrected chi connectivity index (χ4v) is 1.88. The average Bonchev–Trinajstić information content (AvgIpc) is 2.51. The van der Waals surface area contributed by atoms with Crippen molar-refractivity contribution in [2.75, 3.05) is 10.6 Å². The van der Waals surface area contributed by atoms with Crippen molar-refractivity contribution in [3.05, 3.63) is 59.4 Å². The fourth-order valence-electron chi connectivity index (χ4n) is 1.88. The summed E-state index contributed by atoms with van der Waals surface area (Å²) in [7, 11) is 0. The van der Waals surface area contributed by atoms with Gasteiger partial charge in [-0.15, -0.1) is 0 Å². The van der Waals surface area contributed by atoms with Crippen molar-refractivity contribution in [2.24, 2.45) is 0 Å². The summed E-state index contributed by atoms with van der Waals surface area (Å²) in [6.45, 7) is 3.64. The van der Waals surface area contributed by atoms with Crippen LogP contribution in [0.4, 0.5) is 15.8 Å². The molecule has 0 aromatic heterocycles. The van der Waals surface area contributed by atoms with E-state index in [2.05, 4.69) is 10.6 Å². The fraction of sp³-hybridized carbons (Fsp3) is 0.176. The molecule has 0 bridgehead atoms. The van der Waals surface area contributed by atoms with Gasteiger partial charge in [-0.1, -0.05) is 13.0 Å². The minimum absolute atomic E-state index is 0.0925. The lowest BCUT2D eigenvalue weighted by molar-refractivity contribution is -0.115. The molecule has 0 aliphatic heterocycles. The highest BCUT2D eigenvalue weighted by Gasteiger charge is 2.08. The molecule has 22 heavy (non-hydrogen) atoms. The number of hydrogen-bond acceptors (Lipinski definition) is 2. The molecule has 0 radical (unpaired) electrons. The zero-order valence-electron chi connectivity index (χ0n) is 12.4. The number of carbonyl (C=O) groups excluding carboxylic acids is 2. The normalized spacial score (nSPS) is 10.1. The Kier molecular flexibility index (Phi) is 4.88. The number of halogens is 1. The molecule has 0 atom stereocenters. The number of amides is 2. The monoisotopic (exact) mass is 300 g/mol. The SMILES string of the molecule is CCC(=O)Nc1cc(NC(=O)c2ccc(F)cc2)ccc1C. The van der Waals surface area contributed by atoms with Gasteiger partial charge in [-0.2, -0.15) is 0 Å². The van der Waals surface area contributed by atoms with E-state index in [9.17, 15) is 14.0 Å². The minimum atomic E-state index is -0.392. The summed E-state index contributed by atoms with van der Waals surface area (Å²) in [5.41, 5.74) is 2.48. The molecule has 0 heterocycles. The summed E-state index contributed by atoms with van der Waals surface area (Å²) in [6.07, 6.45) is 0.381. The van der Waals surface area contributed by atoms with Gasteiger partial charge in [-0.05, 0) is 48.9 Å². The van der Waals surface area contributed by atoms with Crippen LogP contribution in [0.15, 0.2) is 42.5 Å². The van der Waals surface area contributed by atoms with Crippen molar-refractivity contribution >= 4 is 23.2 Å². The van der Waals surface area contributed by atoms with E-state index in [0.717, 1.165) is 5.56 Å². The molecule has 0 fully saturated rings. The van der Waals surface area contributed by atoms with Crippen LogP contribution in [0.2, 0.25) is 0 Å². The lowest BCUT2D eigenvalue weighted by atomic mass is 10.1. The van der Waals surface area contributed by atoms with E-state index in [0.29, 0.717) is 23.4 Å². The number of carbonyl (C=O) groups is 2. The summed E-state index contributed by atoms with van der Waals surface area (Å²) in [6, 6.07) is 10.6. The number of nitrogens with one attached hydrogen (secondary N) is 2. The van der Waals surface area contributed by atoms with Crippen LogP contribution in [0.1, 0.15) is 29.3 Å². The first-order valence-electron chi connectivity index (χ1n) is 6.97. The predicted molar refractivity (Wildman–Crippen MR) is 84.5 cm³/mol. The Morgan fingerprint density at radius 1 is 1.05 bits per heavy atom. The van der Waals surface area contributed by atoms with Gasteiger partial charge in [0.15, 0.2) is 0 Å². The van der Waals surface area contributed by atoms with Crippen LogP contribution in [-0.4, -0.2) is 11.8 Å². The van der Waals surface area contributed by atoms with Gasteiger partial charge in [-0.3, -0.25) is 9.59 Å². The molecule has 4 nitrogen and oxygen atoms in total. The van der Waals surface area contributed by atoms with Crippen molar-refractivity contribution in [1.82, 2.24) is 0 Å². The maximum absolute atomic E-state index is 12.9. The van der Waals surface area contributed by atoms with E-state index in [1.807, 2.05) is 13.0 Å². The van der Waals surface area contributed by atoms with Crippen molar-refractivity contribution < 1.29 is 14.0 Å². The van der Waals surface area contributed by atoms with Gasteiger partial charge in [-0.25, -0.2) is 4.39 Å². The number of aryl methyl sites for hydroxylation is 1. The third-order valence-corrected chi connectivity index (χ3v) is 3.20. The zero-order valence-corrected chi connectivity index (χ0v) is 12.4. The Morgan fingerprint density at radius 3 is 2.36 bits per heavy atom. The molecule has 0 saturated carbocycles. The second-order valence-electron chi connectivity index (χ2n) is 4.89. The Morgan fingerprint density at radius 2 is 1.73 bits per heavy atom. The Bertz CT molecular complexity index is 696. The predicted octanol–water partition coefficient (Wildman–Crippen LogP) is 3.73. The van der Waals surface area contributed by atoms with Gasteiger partial charge in [0, 0.05) is 23.4 Å². The maximum Gasteiger partial charge on any atom is 0.255 e. The zero-order chi connectivity index (χ0) is 16.1. The molecule has 0 aliphatic rings. The van der Waals surface area contributed by atoms with E-state index in [-0.39, 0.29) is 11.8 Å². The molecule has 2 aromatic rings. The quantitative estimate of drug-likeness (QED) is 0.903.